The van der Waals surface area contributed by atoms with Crippen LogP contribution in [-0.4, -0.2) is 29.2 Å². The molecule has 2 N–H and O–H groups in total. The third kappa shape index (κ3) is 3.34. The Bertz CT molecular complexity index is 588. The zero-order chi connectivity index (χ0) is 14.8. The van der Waals surface area contributed by atoms with Crippen LogP contribution in [0.4, 0.5) is 0 Å². The van der Waals surface area contributed by atoms with E-state index in [9.17, 15) is 0 Å². The first-order chi connectivity index (χ1) is 10.1. The molecule has 1 aromatic heterocycles. The van der Waals surface area contributed by atoms with Crippen LogP contribution in [0.3, 0.4) is 0 Å². The predicted octanol–water partition coefficient (Wildman–Crippen LogP) is 2.82. The van der Waals surface area contributed by atoms with Gasteiger partial charge in [-0.25, -0.2) is 0 Å². The average Bonchev–Trinajstić information content (AvgIpc) is 3.10. The number of benzene rings is 1. The van der Waals surface area contributed by atoms with Crippen molar-refractivity contribution in [3.8, 4) is 11.3 Å². The first-order valence-corrected chi connectivity index (χ1v) is 7.62. The second-order valence-electron chi connectivity index (χ2n) is 6.19. The molecule has 0 spiro atoms. The molecule has 0 aliphatic carbocycles. The number of hydrogen-bond acceptors (Lipinski definition) is 4. The van der Waals surface area contributed by atoms with Crippen molar-refractivity contribution in [1.82, 2.24) is 10.1 Å². The van der Waals surface area contributed by atoms with Crippen molar-refractivity contribution in [2.24, 2.45) is 11.7 Å². The molecule has 21 heavy (non-hydrogen) atoms. The van der Waals surface area contributed by atoms with E-state index in [0.717, 1.165) is 36.7 Å². The molecular weight excluding hydrogens is 262 g/mol. The van der Waals surface area contributed by atoms with Crippen LogP contribution >= 0.6 is 0 Å². The second-order valence-corrected chi connectivity index (χ2v) is 6.19. The van der Waals surface area contributed by atoms with E-state index in [1.165, 1.54) is 12.0 Å². The molecule has 1 fully saturated rings. The summed E-state index contributed by atoms with van der Waals surface area (Å²) in [5.41, 5.74) is 9.25. The van der Waals surface area contributed by atoms with Crippen molar-refractivity contribution in [1.29, 1.82) is 0 Å². The van der Waals surface area contributed by atoms with Gasteiger partial charge in [-0.2, -0.15) is 0 Å². The zero-order valence-electron chi connectivity index (χ0n) is 12.7. The van der Waals surface area contributed by atoms with Crippen molar-refractivity contribution in [3.63, 3.8) is 0 Å². The maximum absolute atomic E-state index is 5.98. The summed E-state index contributed by atoms with van der Waals surface area (Å²) in [4.78, 5) is 2.40. The van der Waals surface area contributed by atoms with Crippen LogP contribution in [0.25, 0.3) is 11.3 Å². The number of likely N-dealkylation sites (tertiary alicyclic amines) is 1. The molecule has 2 atom stereocenters. The molecule has 0 bridgehead atoms. The molecular formula is C17H23N3O. The van der Waals surface area contributed by atoms with Crippen LogP contribution in [0.15, 0.2) is 34.9 Å². The van der Waals surface area contributed by atoms with Gasteiger partial charge in [0.05, 0.1) is 6.54 Å². The summed E-state index contributed by atoms with van der Waals surface area (Å²) in [6, 6.07) is 10.7. The Kier molecular flexibility index (Phi) is 4.08. The highest BCUT2D eigenvalue weighted by Crippen LogP contribution is 2.23. The zero-order valence-corrected chi connectivity index (χ0v) is 12.7. The fourth-order valence-electron chi connectivity index (χ4n) is 2.90. The Morgan fingerprint density at radius 3 is 2.81 bits per heavy atom. The lowest BCUT2D eigenvalue weighted by Gasteiger charge is -2.16. The Morgan fingerprint density at radius 2 is 2.14 bits per heavy atom. The van der Waals surface area contributed by atoms with E-state index in [-0.39, 0.29) is 6.04 Å². The van der Waals surface area contributed by atoms with Gasteiger partial charge in [-0.1, -0.05) is 35.0 Å². The lowest BCUT2D eigenvalue weighted by Crippen LogP contribution is -2.29. The van der Waals surface area contributed by atoms with Crippen LogP contribution in [0.1, 0.15) is 24.7 Å². The van der Waals surface area contributed by atoms with E-state index in [0.29, 0.717) is 5.92 Å². The molecule has 2 aromatic rings. The quantitative estimate of drug-likeness (QED) is 0.938. The van der Waals surface area contributed by atoms with Gasteiger partial charge in [0.15, 0.2) is 5.76 Å². The molecule has 0 saturated carbocycles. The predicted molar refractivity (Wildman–Crippen MR) is 83.7 cm³/mol. The van der Waals surface area contributed by atoms with Crippen LogP contribution in [0.2, 0.25) is 0 Å². The van der Waals surface area contributed by atoms with Crippen molar-refractivity contribution in [2.45, 2.75) is 32.9 Å². The normalized spacial score (nSPS) is 20.8. The summed E-state index contributed by atoms with van der Waals surface area (Å²) >= 11 is 0. The minimum Gasteiger partial charge on any atom is -0.359 e. The molecule has 4 nitrogen and oxygen atoms in total. The molecule has 1 aliphatic heterocycles. The van der Waals surface area contributed by atoms with Crippen molar-refractivity contribution < 1.29 is 4.52 Å². The second kappa shape index (κ2) is 6.00. The Hall–Kier alpha value is -1.65. The number of aryl methyl sites for hydroxylation is 1. The summed E-state index contributed by atoms with van der Waals surface area (Å²) < 4.78 is 5.48. The standard InChI is InChI=1S/C17H23N3O/c1-12-3-5-14(6-4-12)17-9-16(21-19-17)11-20-8-7-15(10-20)13(2)18/h3-6,9,13,15H,7-8,10-11,18H2,1-2H3. The van der Waals surface area contributed by atoms with Crippen molar-refractivity contribution in [3.05, 3.63) is 41.7 Å². The van der Waals surface area contributed by atoms with E-state index in [4.69, 9.17) is 10.3 Å². The van der Waals surface area contributed by atoms with E-state index in [1.54, 1.807) is 0 Å². The topological polar surface area (TPSA) is 55.3 Å². The van der Waals surface area contributed by atoms with Gasteiger partial charge in [0, 0.05) is 24.2 Å². The molecule has 4 heteroatoms. The number of rotatable bonds is 4. The summed E-state index contributed by atoms with van der Waals surface area (Å²) in [5, 5.41) is 4.19. The van der Waals surface area contributed by atoms with Crippen molar-refractivity contribution in [2.75, 3.05) is 13.1 Å². The van der Waals surface area contributed by atoms with E-state index >= 15 is 0 Å². The maximum Gasteiger partial charge on any atom is 0.151 e. The Balaban J connectivity index is 1.64. The largest absolute Gasteiger partial charge is 0.359 e. The average molecular weight is 285 g/mol. The first kappa shape index (κ1) is 14.3. The van der Waals surface area contributed by atoms with Gasteiger partial charge in [-0.15, -0.1) is 0 Å². The SMILES string of the molecule is Cc1ccc(-c2cc(CN3CCC(C(C)N)C3)on2)cc1. The third-order valence-electron chi connectivity index (χ3n) is 4.34. The van der Waals surface area contributed by atoms with Gasteiger partial charge in [0.25, 0.3) is 0 Å². The van der Waals surface area contributed by atoms with Crippen LogP contribution < -0.4 is 5.73 Å². The van der Waals surface area contributed by atoms with Crippen LogP contribution in [0, 0.1) is 12.8 Å². The Morgan fingerprint density at radius 1 is 1.38 bits per heavy atom. The van der Waals surface area contributed by atoms with Gasteiger partial charge in [0.1, 0.15) is 5.69 Å². The van der Waals surface area contributed by atoms with E-state index in [2.05, 4.69) is 48.2 Å². The Labute approximate surface area is 125 Å². The fraction of sp³-hybridized carbons (Fsp3) is 0.471. The smallest absolute Gasteiger partial charge is 0.151 e. The van der Waals surface area contributed by atoms with Crippen LogP contribution in [0.5, 0.6) is 0 Å². The van der Waals surface area contributed by atoms with Gasteiger partial charge in [-0.3, -0.25) is 4.90 Å². The third-order valence-corrected chi connectivity index (χ3v) is 4.34. The van der Waals surface area contributed by atoms with Crippen LogP contribution in [-0.2, 0) is 6.54 Å². The van der Waals surface area contributed by atoms with E-state index in [1.807, 2.05) is 6.07 Å². The summed E-state index contributed by atoms with van der Waals surface area (Å²) in [6.07, 6.45) is 1.18. The molecule has 0 radical (unpaired) electrons. The lowest BCUT2D eigenvalue weighted by atomic mass is 10.0. The molecule has 112 valence electrons. The maximum atomic E-state index is 5.98. The minimum atomic E-state index is 0.271. The first-order valence-electron chi connectivity index (χ1n) is 7.62. The fourth-order valence-corrected chi connectivity index (χ4v) is 2.90. The number of aromatic nitrogens is 1. The van der Waals surface area contributed by atoms with E-state index < -0.39 is 0 Å². The molecule has 1 aromatic carbocycles. The molecule has 1 aliphatic rings. The summed E-state index contributed by atoms with van der Waals surface area (Å²) in [6.45, 7) is 7.14. The molecule has 3 rings (SSSR count). The van der Waals surface area contributed by atoms with Gasteiger partial charge in [0.2, 0.25) is 0 Å². The summed E-state index contributed by atoms with van der Waals surface area (Å²) in [5.74, 6) is 1.53. The monoisotopic (exact) mass is 285 g/mol. The number of hydrogen-bond donors (Lipinski definition) is 1. The van der Waals surface area contributed by atoms with Gasteiger partial charge in [-0.05, 0) is 32.7 Å². The van der Waals surface area contributed by atoms with Gasteiger partial charge < -0.3 is 10.3 Å². The highest BCUT2D eigenvalue weighted by molar-refractivity contribution is 5.59. The van der Waals surface area contributed by atoms with Gasteiger partial charge >= 0.3 is 0 Å². The number of nitrogens with two attached hydrogens (primary N) is 1. The number of nitrogens with zero attached hydrogens (tertiary/aromatic N) is 2. The molecule has 2 unspecified atom stereocenters. The molecule has 0 amide bonds. The highest BCUT2D eigenvalue weighted by Gasteiger charge is 2.25. The van der Waals surface area contributed by atoms with Crippen molar-refractivity contribution >= 4 is 0 Å². The summed E-state index contributed by atoms with van der Waals surface area (Å²) in [7, 11) is 0. The minimum absolute atomic E-state index is 0.271. The molecule has 1 saturated heterocycles. The molecule has 2 heterocycles. The lowest BCUT2D eigenvalue weighted by molar-refractivity contribution is 0.262. The highest BCUT2D eigenvalue weighted by atomic mass is 16.5.